The summed E-state index contributed by atoms with van der Waals surface area (Å²) in [7, 11) is 1.66. The Morgan fingerprint density at radius 1 is 1.08 bits per heavy atom. The van der Waals surface area contributed by atoms with Crippen LogP contribution in [0.15, 0.2) is 42.5 Å². The van der Waals surface area contributed by atoms with Crippen molar-refractivity contribution in [3.05, 3.63) is 48.0 Å². The monoisotopic (exact) mass is 342 g/mol. The highest BCUT2D eigenvalue weighted by atomic mass is 16.7. The number of fused-ring (bicyclic) bond motifs is 1. The number of benzene rings is 2. The van der Waals surface area contributed by atoms with Crippen molar-refractivity contribution in [2.24, 2.45) is 0 Å². The zero-order valence-electron chi connectivity index (χ0n) is 14.2. The molecule has 1 amide bonds. The van der Waals surface area contributed by atoms with E-state index in [4.69, 9.17) is 14.2 Å². The first-order valence-corrected chi connectivity index (χ1v) is 8.28. The van der Waals surface area contributed by atoms with E-state index in [2.05, 4.69) is 10.6 Å². The molecule has 0 aliphatic carbocycles. The molecule has 0 atom stereocenters. The van der Waals surface area contributed by atoms with Crippen molar-refractivity contribution in [1.82, 2.24) is 5.32 Å². The molecule has 2 N–H and O–H groups in total. The van der Waals surface area contributed by atoms with Crippen molar-refractivity contribution in [1.29, 1.82) is 0 Å². The van der Waals surface area contributed by atoms with Gasteiger partial charge in [-0.1, -0.05) is 12.1 Å². The Morgan fingerprint density at radius 2 is 1.88 bits per heavy atom. The van der Waals surface area contributed by atoms with Gasteiger partial charge in [0.2, 0.25) is 12.7 Å². The minimum absolute atomic E-state index is 0.0317. The van der Waals surface area contributed by atoms with Crippen LogP contribution in [-0.2, 0) is 11.2 Å². The third kappa shape index (κ3) is 4.87. The maximum atomic E-state index is 12.0. The normalized spacial score (nSPS) is 12.0. The molecule has 1 aliphatic heterocycles. The van der Waals surface area contributed by atoms with Crippen LogP contribution in [0.2, 0.25) is 0 Å². The van der Waals surface area contributed by atoms with Crippen LogP contribution in [0.5, 0.6) is 17.2 Å². The predicted molar refractivity (Wildman–Crippen MR) is 95.4 cm³/mol. The summed E-state index contributed by atoms with van der Waals surface area (Å²) in [6.45, 7) is 1.68. The smallest absolute Gasteiger partial charge is 0.231 e. The van der Waals surface area contributed by atoms with Gasteiger partial charge in [-0.05, 0) is 42.8 Å². The number of hydrogen-bond acceptors (Lipinski definition) is 5. The standard InChI is InChI=1S/C19H22N2O4/c1-23-16-5-2-14(3-6-16)8-10-20-11-9-19(22)21-15-4-7-17-18(12-15)25-13-24-17/h2-7,12,20H,8-11,13H2,1H3,(H,21,22). The van der Waals surface area contributed by atoms with Crippen LogP contribution in [0.25, 0.3) is 0 Å². The molecular weight excluding hydrogens is 320 g/mol. The SMILES string of the molecule is COc1ccc(CCNCCC(=O)Nc2ccc3c(c2)OCO3)cc1. The fraction of sp³-hybridized carbons (Fsp3) is 0.316. The van der Waals surface area contributed by atoms with Gasteiger partial charge in [0.05, 0.1) is 7.11 Å². The van der Waals surface area contributed by atoms with Crippen LogP contribution < -0.4 is 24.8 Å². The van der Waals surface area contributed by atoms with Gasteiger partial charge in [0.25, 0.3) is 0 Å². The molecule has 0 fully saturated rings. The van der Waals surface area contributed by atoms with Gasteiger partial charge >= 0.3 is 0 Å². The first-order valence-electron chi connectivity index (χ1n) is 8.28. The molecule has 3 rings (SSSR count). The average molecular weight is 342 g/mol. The molecule has 132 valence electrons. The Balaban J connectivity index is 1.33. The molecule has 6 nitrogen and oxygen atoms in total. The number of anilines is 1. The summed E-state index contributed by atoms with van der Waals surface area (Å²) < 4.78 is 15.7. The quantitative estimate of drug-likeness (QED) is 0.722. The van der Waals surface area contributed by atoms with Crippen molar-refractivity contribution in [2.75, 3.05) is 32.3 Å². The first-order chi connectivity index (χ1) is 12.2. The Labute approximate surface area is 147 Å². The second kappa shape index (κ2) is 8.39. The summed E-state index contributed by atoms with van der Waals surface area (Å²) in [6, 6.07) is 13.4. The lowest BCUT2D eigenvalue weighted by atomic mass is 10.1. The highest BCUT2D eigenvalue weighted by molar-refractivity contribution is 5.91. The molecule has 1 heterocycles. The fourth-order valence-electron chi connectivity index (χ4n) is 2.55. The second-order valence-corrected chi connectivity index (χ2v) is 5.71. The Hall–Kier alpha value is -2.73. The largest absolute Gasteiger partial charge is 0.497 e. The van der Waals surface area contributed by atoms with Crippen LogP contribution >= 0.6 is 0 Å². The van der Waals surface area contributed by atoms with E-state index in [9.17, 15) is 4.79 Å². The van der Waals surface area contributed by atoms with Gasteiger partial charge in [-0.25, -0.2) is 0 Å². The highest BCUT2D eigenvalue weighted by Crippen LogP contribution is 2.34. The third-order valence-electron chi connectivity index (χ3n) is 3.93. The van der Waals surface area contributed by atoms with Crippen molar-refractivity contribution in [3.8, 4) is 17.2 Å². The topological polar surface area (TPSA) is 68.8 Å². The summed E-state index contributed by atoms with van der Waals surface area (Å²) >= 11 is 0. The molecule has 0 bridgehead atoms. The molecule has 0 saturated heterocycles. The van der Waals surface area contributed by atoms with E-state index in [1.54, 1.807) is 19.2 Å². The van der Waals surface area contributed by atoms with Crippen molar-refractivity contribution < 1.29 is 19.0 Å². The number of nitrogens with one attached hydrogen (secondary N) is 2. The zero-order chi connectivity index (χ0) is 17.5. The highest BCUT2D eigenvalue weighted by Gasteiger charge is 2.13. The average Bonchev–Trinajstić information content (AvgIpc) is 3.09. The van der Waals surface area contributed by atoms with Crippen molar-refractivity contribution in [2.45, 2.75) is 12.8 Å². The number of rotatable bonds is 8. The fourth-order valence-corrected chi connectivity index (χ4v) is 2.55. The minimum Gasteiger partial charge on any atom is -0.497 e. The Morgan fingerprint density at radius 3 is 2.68 bits per heavy atom. The predicted octanol–water partition coefficient (Wildman–Crippen LogP) is 2.58. The van der Waals surface area contributed by atoms with E-state index in [1.807, 2.05) is 30.3 Å². The maximum absolute atomic E-state index is 12.0. The summed E-state index contributed by atoms with van der Waals surface area (Å²) in [6.07, 6.45) is 1.32. The molecular formula is C19H22N2O4. The molecule has 0 unspecified atom stereocenters. The van der Waals surface area contributed by atoms with E-state index in [0.717, 1.165) is 18.7 Å². The van der Waals surface area contributed by atoms with Crippen LogP contribution in [-0.4, -0.2) is 32.9 Å². The lowest BCUT2D eigenvalue weighted by molar-refractivity contribution is -0.116. The molecule has 0 aromatic heterocycles. The Kier molecular flexibility index (Phi) is 5.74. The molecule has 2 aromatic carbocycles. The van der Waals surface area contributed by atoms with Gasteiger partial charge in [0.1, 0.15) is 5.75 Å². The summed E-state index contributed by atoms with van der Waals surface area (Å²) in [5.74, 6) is 2.20. The molecule has 25 heavy (non-hydrogen) atoms. The van der Waals surface area contributed by atoms with Gasteiger partial charge in [-0.2, -0.15) is 0 Å². The first kappa shape index (κ1) is 17.1. The second-order valence-electron chi connectivity index (χ2n) is 5.71. The number of amides is 1. The lowest BCUT2D eigenvalue weighted by Gasteiger charge is -2.08. The zero-order valence-corrected chi connectivity index (χ0v) is 14.2. The van der Waals surface area contributed by atoms with E-state index in [1.165, 1.54) is 5.56 Å². The van der Waals surface area contributed by atoms with Crippen LogP contribution in [0, 0.1) is 0 Å². The molecule has 1 aliphatic rings. The van der Waals surface area contributed by atoms with Crippen molar-refractivity contribution >= 4 is 11.6 Å². The van der Waals surface area contributed by atoms with Crippen LogP contribution in [0.1, 0.15) is 12.0 Å². The molecule has 0 saturated carbocycles. The molecule has 0 radical (unpaired) electrons. The van der Waals surface area contributed by atoms with Crippen LogP contribution in [0.4, 0.5) is 5.69 Å². The van der Waals surface area contributed by atoms with E-state index >= 15 is 0 Å². The number of carbonyl (C=O) groups is 1. The van der Waals surface area contributed by atoms with Gasteiger partial charge in [-0.3, -0.25) is 4.79 Å². The molecule has 0 spiro atoms. The summed E-state index contributed by atoms with van der Waals surface area (Å²) in [5.41, 5.74) is 1.95. The van der Waals surface area contributed by atoms with E-state index in [0.29, 0.717) is 30.2 Å². The summed E-state index contributed by atoms with van der Waals surface area (Å²) in [4.78, 5) is 12.0. The summed E-state index contributed by atoms with van der Waals surface area (Å²) in [5, 5.41) is 6.15. The number of hydrogen-bond donors (Lipinski definition) is 2. The van der Waals surface area contributed by atoms with Gasteiger partial charge in [0.15, 0.2) is 11.5 Å². The van der Waals surface area contributed by atoms with Gasteiger partial charge in [-0.15, -0.1) is 0 Å². The Bertz CT molecular complexity index is 716. The van der Waals surface area contributed by atoms with Gasteiger partial charge < -0.3 is 24.8 Å². The van der Waals surface area contributed by atoms with Crippen molar-refractivity contribution in [3.63, 3.8) is 0 Å². The molecule has 2 aromatic rings. The van der Waals surface area contributed by atoms with E-state index < -0.39 is 0 Å². The minimum atomic E-state index is -0.0317. The van der Waals surface area contributed by atoms with E-state index in [-0.39, 0.29) is 12.7 Å². The number of carbonyl (C=O) groups excluding carboxylic acids is 1. The lowest BCUT2D eigenvalue weighted by Crippen LogP contribution is -2.23. The van der Waals surface area contributed by atoms with Gasteiger partial charge in [0, 0.05) is 24.7 Å². The third-order valence-corrected chi connectivity index (χ3v) is 3.93. The number of methoxy groups -OCH3 is 1. The van der Waals surface area contributed by atoms with Crippen LogP contribution in [0.3, 0.4) is 0 Å². The molecule has 6 heteroatoms. The number of ether oxygens (including phenoxy) is 3. The maximum Gasteiger partial charge on any atom is 0.231 e.